The highest BCUT2D eigenvalue weighted by Crippen LogP contribution is 2.11. The Bertz CT molecular complexity index is 339. The molecule has 0 saturated heterocycles. The molecule has 1 atom stereocenters. The van der Waals surface area contributed by atoms with Gasteiger partial charge in [0.2, 0.25) is 6.10 Å². The van der Waals surface area contributed by atoms with Crippen LogP contribution < -0.4 is 5.32 Å². The van der Waals surface area contributed by atoms with Crippen LogP contribution in [0.5, 0.6) is 0 Å². The van der Waals surface area contributed by atoms with Gasteiger partial charge in [0.25, 0.3) is 5.91 Å². The lowest BCUT2D eigenvalue weighted by Crippen LogP contribution is -2.35. The molecule has 0 aromatic heterocycles. The van der Waals surface area contributed by atoms with E-state index >= 15 is 0 Å². The molecule has 0 bridgehead atoms. The zero-order valence-electron chi connectivity index (χ0n) is 10.8. The highest BCUT2D eigenvalue weighted by molar-refractivity contribution is 6.36. The monoisotopic (exact) mass is 256 g/mol. The van der Waals surface area contributed by atoms with Crippen molar-refractivity contribution in [2.75, 3.05) is 6.54 Å². The number of aliphatic carboxylic acids is 1. The first-order valence-corrected chi connectivity index (χ1v) is 6.24. The van der Waals surface area contributed by atoms with Gasteiger partial charge in [0.15, 0.2) is 5.71 Å². The molecule has 0 aromatic rings. The van der Waals surface area contributed by atoms with E-state index in [0.717, 1.165) is 19.3 Å². The van der Waals surface area contributed by atoms with Crippen LogP contribution in [0.2, 0.25) is 0 Å². The van der Waals surface area contributed by atoms with E-state index in [1.807, 2.05) is 0 Å². The summed E-state index contributed by atoms with van der Waals surface area (Å²) in [6, 6.07) is 0. The Balaban J connectivity index is 2.14. The SMILES string of the molecule is CC(C)CCCCNC(=O)C1CC(C(=O)O)=NO1. The Morgan fingerprint density at radius 2 is 2.22 bits per heavy atom. The minimum atomic E-state index is -1.14. The van der Waals surface area contributed by atoms with Crippen LogP contribution in [0.4, 0.5) is 0 Å². The maximum absolute atomic E-state index is 11.6. The molecular weight excluding hydrogens is 236 g/mol. The van der Waals surface area contributed by atoms with Crippen LogP contribution in [-0.2, 0) is 14.4 Å². The predicted molar refractivity (Wildman–Crippen MR) is 66.3 cm³/mol. The maximum atomic E-state index is 11.6. The Labute approximate surface area is 106 Å². The zero-order chi connectivity index (χ0) is 13.5. The van der Waals surface area contributed by atoms with E-state index in [9.17, 15) is 9.59 Å². The van der Waals surface area contributed by atoms with Gasteiger partial charge in [-0.25, -0.2) is 4.79 Å². The number of carbonyl (C=O) groups is 2. The smallest absolute Gasteiger partial charge is 0.353 e. The lowest BCUT2D eigenvalue weighted by atomic mass is 10.1. The third-order valence-electron chi connectivity index (χ3n) is 2.72. The first-order chi connectivity index (χ1) is 8.50. The summed E-state index contributed by atoms with van der Waals surface area (Å²) >= 11 is 0. The first kappa shape index (κ1) is 14.5. The summed E-state index contributed by atoms with van der Waals surface area (Å²) < 4.78 is 0. The normalized spacial score (nSPS) is 18.4. The van der Waals surface area contributed by atoms with Crippen molar-refractivity contribution >= 4 is 17.6 Å². The summed E-state index contributed by atoms with van der Waals surface area (Å²) in [5, 5.41) is 14.8. The van der Waals surface area contributed by atoms with Crippen molar-refractivity contribution in [3.63, 3.8) is 0 Å². The second kappa shape index (κ2) is 6.98. The van der Waals surface area contributed by atoms with E-state index in [2.05, 4.69) is 24.3 Å². The summed E-state index contributed by atoms with van der Waals surface area (Å²) in [5.74, 6) is -0.757. The number of nitrogens with zero attached hydrogens (tertiary/aromatic N) is 1. The minimum absolute atomic E-state index is 0.0349. The molecule has 18 heavy (non-hydrogen) atoms. The summed E-state index contributed by atoms with van der Waals surface area (Å²) in [7, 11) is 0. The molecule has 0 radical (unpaired) electrons. The molecule has 0 aliphatic carbocycles. The van der Waals surface area contributed by atoms with Crippen LogP contribution in [-0.4, -0.2) is 35.3 Å². The minimum Gasteiger partial charge on any atom is -0.477 e. The third-order valence-corrected chi connectivity index (χ3v) is 2.72. The van der Waals surface area contributed by atoms with Crippen LogP contribution in [0.25, 0.3) is 0 Å². The molecular formula is C12H20N2O4. The van der Waals surface area contributed by atoms with E-state index in [-0.39, 0.29) is 18.0 Å². The number of carbonyl (C=O) groups excluding carboxylic acids is 1. The van der Waals surface area contributed by atoms with Gasteiger partial charge in [-0.1, -0.05) is 31.8 Å². The van der Waals surface area contributed by atoms with Gasteiger partial charge in [-0.05, 0) is 12.3 Å². The molecule has 1 heterocycles. The van der Waals surface area contributed by atoms with Crippen molar-refractivity contribution < 1.29 is 19.5 Å². The van der Waals surface area contributed by atoms with E-state index in [4.69, 9.17) is 9.94 Å². The highest BCUT2D eigenvalue weighted by atomic mass is 16.6. The number of unbranched alkanes of at least 4 members (excludes halogenated alkanes) is 1. The van der Waals surface area contributed by atoms with Crippen molar-refractivity contribution in [3.8, 4) is 0 Å². The fourth-order valence-electron chi connectivity index (χ4n) is 1.65. The van der Waals surface area contributed by atoms with Gasteiger partial charge in [-0.15, -0.1) is 0 Å². The number of amides is 1. The van der Waals surface area contributed by atoms with E-state index < -0.39 is 12.1 Å². The van der Waals surface area contributed by atoms with Crippen molar-refractivity contribution in [1.82, 2.24) is 5.32 Å². The number of nitrogens with one attached hydrogen (secondary N) is 1. The Morgan fingerprint density at radius 1 is 1.50 bits per heavy atom. The van der Waals surface area contributed by atoms with Crippen molar-refractivity contribution in [2.24, 2.45) is 11.1 Å². The first-order valence-electron chi connectivity index (χ1n) is 6.24. The molecule has 6 nitrogen and oxygen atoms in total. The van der Waals surface area contributed by atoms with Crippen molar-refractivity contribution in [3.05, 3.63) is 0 Å². The Morgan fingerprint density at radius 3 is 2.78 bits per heavy atom. The summed E-state index contributed by atoms with van der Waals surface area (Å²) in [6.45, 7) is 4.92. The van der Waals surface area contributed by atoms with Crippen LogP contribution in [0.1, 0.15) is 39.5 Å². The second-order valence-corrected chi connectivity index (χ2v) is 4.82. The van der Waals surface area contributed by atoms with E-state index in [1.54, 1.807) is 0 Å². The molecule has 2 N–H and O–H groups in total. The van der Waals surface area contributed by atoms with Crippen molar-refractivity contribution in [2.45, 2.75) is 45.6 Å². The molecule has 1 aliphatic heterocycles. The molecule has 6 heteroatoms. The zero-order valence-corrected chi connectivity index (χ0v) is 10.8. The third kappa shape index (κ3) is 4.73. The Kier molecular flexibility index (Phi) is 5.61. The molecule has 0 aromatic carbocycles. The Hall–Kier alpha value is -1.59. The molecule has 1 rings (SSSR count). The molecule has 102 valence electrons. The van der Waals surface area contributed by atoms with Gasteiger partial charge in [-0.2, -0.15) is 0 Å². The van der Waals surface area contributed by atoms with E-state index in [1.165, 1.54) is 0 Å². The lowest BCUT2D eigenvalue weighted by Gasteiger charge is -2.09. The van der Waals surface area contributed by atoms with Gasteiger partial charge in [0.1, 0.15) is 0 Å². The van der Waals surface area contributed by atoms with Crippen LogP contribution in [0.3, 0.4) is 0 Å². The lowest BCUT2D eigenvalue weighted by molar-refractivity contribution is -0.131. The molecule has 0 fully saturated rings. The fraction of sp³-hybridized carbons (Fsp3) is 0.750. The number of carboxylic acid groups (broad SMARTS) is 1. The quantitative estimate of drug-likeness (QED) is 0.669. The highest BCUT2D eigenvalue weighted by Gasteiger charge is 2.31. The predicted octanol–water partition coefficient (Wildman–Crippen LogP) is 1.16. The summed E-state index contributed by atoms with van der Waals surface area (Å²) in [6.07, 6.45) is 2.37. The van der Waals surface area contributed by atoms with Crippen molar-refractivity contribution in [1.29, 1.82) is 0 Å². The average Bonchev–Trinajstić information content (AvgIpc) is 2.77. The fourth-order valence-corrected chi connectivity index (χ4v) is 1.65. The number of carboxylic acids is 1. The van der Waals surface area contributed by atoms with Gasteiger partial charge in [-0.3, -0.25) is 4.79 Å². The molecule has 0 saturated carbocycles. The van der Waals surface area contributed by atoms with Gasteiger partial charge in [0.05, 0.1) is 0 Å². The number of oxime groups is 1. The maximum Gasteiger partial charge on any atom is 0.353 e. The number of rotatable bonds is 7. The summed E-state index contributed by atoms with van der Waals surface area (Å²) in [4.78, 5) is 27.0. The molecule has 1 aliphatic rings. The second-order valence-electron chi connectivity index (χ2n) is 4.82. The largest absolute Gasteiger partial charge is 0.477 e. The van der Waals surface area contributed by atoms with Gasteiger partial charge in [0, 0.05) is 13.0 Å². The topological polar surface area (TPSA) is 88.0 Å². The standard InChI is InChI=1S/C12H20N2O4/c1-8(2)5-3-4-6-13-11(15)10-7-9(12(16)17)14-18-10/h8,10H,3-7H2,1-2H3,(H,13,15)(H,16,17). The summed E-state index contributed by atoms with van der Waals surface area (Å²) in [5.41, 5.74) is -0.102. The van der Waals surface area contributed by atoms with Gasteiger partial charge >= 0.3 is 5.97 Å². The number of hydrogen-bond donors (Lipinski definition) is 2. The molecule has 0 spiro atoms. The van der Waals surface area contributed by atoms with E-state index in [0.29, 0.717) is 12.5 Å². The molecule has 1 unspecified atom stereocenters. The van der Waals surface area contributed by atoms with Crippen LogP contribution in [0, 0.1) is 5.92 Å². The van der Waals surface area contributed by atoms with Gasteiger partial charge < -0.3 is 15.3 Å². The van der Waals surface area contributed by atoms with Crippen LogP contribution in [0.15, 0.2) is 5.16 Å². The molecule has 1 amide bonds. The average molecular weight is 256 g/mol. The van der Waals surface area contributed by atoms with Crippen LogP contribution >= 0.6 is 0 Å². The number of hydrogen-bond acceptors (Lipinski definition) is 4.